The van der Waals surface area contributed by atoms with Gasteiger partial charge in [-0.05, 0) is 80.4 Å². The Labute approximate surface area is 202 Å². The van der Waals surface area contributed by atoms with E-state index in [0.29, 0.717) is 16.6 Å². The van der Waals surface area contributed by atoms with Gasteiger partial charge in [0.1, 0.15) is 10.0 Å². The van der Waals surface area contributed by atoms with Crippen molar-refractivity contribution < 1.29 is 13.2 Å². The Kier molecular flexibility index (Phi) is 4.58. The number of carbonyl (C=O) groups is 1. The molecule has 0 unspecified atom stereocenters. The lowest BCUT2D eigenvalue weighted by Gasteiger charge is -2.08. The molecule has 11 heteroatoms. The van der Waals surface area contributed by atoms with Crippen molar-refractivity contribution >= 4 is 27.5 Å². The lowest BCUT2D eigenvalue weighted by atomic mass is 10.1. The molecule has 3 fully saturated rings. The number of hydrogen-bond donors (Lipinski definition) is 1. The van der Waals surface area contributed by atoms with Gasteiger partial charge in [-0.15, -0.1) is 0 Å². The molecule has 0 saturated heterocycles. The topological polar surface area (TPSA) is 112 Å². The molecule has 3 aromatic heterocycles. The predicted molar refractivity (Wildman–Crippen MR) is 124 cm³/mol. The molecule has 2 spiro atoms. The molecule has 0 aliphatic heterocycles. The SMILES string of the molecule is Cc1nn(C)cc1S(=O)(=O)NC(=O)c1ccc(-n2ccc(CCC3C4(CC4)C34CC4)n2)nc1Cl. The lowest BCUT2D eigenvalue weighted by molar-refractivity contribution is 0.0981. The van der Waals surface area contributed by atoms with Crippen LogP contribution in [0, 0.1) is 23.7 Å². The summed E-state index contributed by atoms with van der Waals surface area (Å²) < 4.78 is 30.2. The molecule has 0 radical (unpaired) electrons. The van der Waals surface area contributed by atoms with Gasteiger partial charge in [-0.3, -0.25) is 9.48 Å². The van der Waals surface area contributed by atoms with E-state index in [-0.39, 0.29) is 21.3 Å². The Balaban J connectivity index is 1.13. The van der Waals surface area contributed by atoms with E-state index in [1.807, 2.05) is 17.0 Å². The van der Waals surface area contributed by atoms with Crippen LogP contribution in [-0.2, 0) is 23.5 Å². The number of aryl methyl sites for hydroxylation is 3. The highest BCUT2D eigenvalue weighted by Gasteiger charge is 2.85. The second-order valence-corrected chi connectivity index (χ2v) is 11.9. The summed E-state index contributed by atoms with van der Waals surface area (Å²) in [5, 5.41) is 8.54. The number of rotatable bonds is 7. The van der Waals surface area contributed by atoms with Gasteiger partial charge in [-0.1, -0.05) is 11.6 Å². The van der Waals surface area contributed by atoms with Gasteiger partial charge in [0.15, 0.2) is 5.82 Å². The molecular weight excluding hydrogens is 476 g/mol. The van der Waals surface area contributed by atoms with E-state index in [2.05, 4.69) is 15.2 Å². The zero-order valence-electron chi connectivity index (χ0n) is 19.0. The van der Waals surface area contributed by atoms with Crippen LogP contribution in [0.4, 0.5) is 0 Å². The molecule has 0 atom stereocenters. The Morgan fingerprint density at radius 1 is 1.18 bits per heavy atom. The summed E-state index contributed by atoms with van der Waals surface area (Å²) >= 11 is 6.25. The van der Waals surface area contributed by atoms with E-state index in [1.54, 1.807) is 24.7 Å². The fourth-order valence-corrected chi connectivity index (χ4v) is 7.49. The number of nitrogens with one attached hydrogen (secondary N) is 1. The third-order valence-corrected chi connectivity index (χ3v) is 9.67. The van der Waals surface area contributed by atoms with Crippen molar-refractivity contribution in [2.75, 3.05) is 0 Å². The fraction of sp³-hybridized carbons (Fsp3) is 0.478. The number of hydrogen-bond acceptors (Lipinski definition) is 6. The van der Waals surface area contributed by atoms with Crippen molar-refractivity contribution in [2.45, 2.75) is 50.3 Å². The third kappa shape index (κ3) is 3.30. The van der Waals surface area contributed by atoms with E-state index in [9.17, 15) is 13.2 Å². The van der Waals surface area contributed by atoms with E-state index in [0.717, 1.165) is 18.0 Å². The van der Waals surface area contributed by atoms with Gasteiger partial charge in [0.25, 0.3) is 15.9 Å². The maximum atomic E-state index is 12.6. The van der Waals surface area contributed by atoms with Crippen molar-refractivity contribution in [3.05, 3.63) is 52.7 Å². The highest BCUT2D eigenvalue weighted by molar-refractivity contribution is 7.90. The van der Waals surface area contributed by atoms with Crippen molar-refractivity contribution in [1.29, 1.82) is 0 Å². The summed E-state index contributed by atoms with van der Waals surface area (Å²) in [6.07, 6.45) is 11.0. The molecule has 3 aliphatic rings. The number of sulfonamides is 1. The Morgan fingerprint density at radius 3 is 2.47 bits per heavy atom. The van der Waals surface area contributed by atoms with Gasteiger partial charge >= 0.3 is 0 Å². The number of pyridine rings is 1. The monoisotopic (exact) mass is 500 g/mol. The zero-order valence-corrected chi connectivity index (χ0v) is 20.5. The second-order valence-electron chi connectivity index (χ2n) is 9.85. The summed E-state index contributed by atoms with van der Waals surface area (Å²) in [5.41, 5.74) is 2.66. The summed E-state index contributed by atoms with van der Waals surface area (Å²) in [5.74, 6) is 0.477. The van der Waals surface area contributed by atoms with Crippen molar-refractivity contribution in [3.8, 4) is 5.82 Å². The molecule has 3 saturated carbocycles. The van der Waals surface area contributed by atoms with Crippen LogP contribution in [0.25, 0.3) is 5.82 Å². The number of fused-ring (bicyclic) bond motifs is 1. The normalized spacial score (nSPS) is 19.5. The van der Waals surface area contributed by atoms with Gasteiger partial charge in [0.05, 0.1) is 17.0 Å². The first-order valence-electron chi connectivity index (χ1n) is 11.4. The fourth-order valence-electron chi connectivity index (χ4n) is 6.07. The van der Waals surface area contributed by atoms with E-state index >= 15 is 0 Å². The largest absolute Gasteiger partial charge is 0.274 e. The van der Waals surface area contributed by atoms with Crippen LogP contribution in [0.3, 0.4) is 0 Å². The zero-order chi connectivity index (χ0) is 23.9. The van der Waals surface area contributed by atoms with Crippen molar-refractivity contribution in [2.24, 2.45) is 23.8 Å². The van der Waals surface area contributed by atoms with Crippen LogP contribution in [0.15, 0.2) is 35.5 Å². The summed E-state index contributed by atoms with van der Waals surface area (Å²) in [6.45, 7) is 1.55. The molecule has 6 rings (SSSR count). The van der Waals surface area contributed by atoms with Crippen LogP contribution < -0.4 is 4.72 Å². The number of nitrogens with zero attached hydrogens (tertiary/aromatic N) is 5. The van der Waals surface area contributed by atoms with Crippen molar-refractivity contribution in [1.82, 2.24) is 29.3 Å². The third-order valence-electron chi connectivity index (χ3n) is 7.95. The number of amides is 1. The molecule has 0 aromatic carbocycles. The molecule has 3 heterocycles. The molecule has 178 valence electrons. The first kappa shape index (κ1) is 21.8. The molecule has 9 nitrogen and oxygen atoms in total. The standard InChI is InChI=1S/C23H25ClN6O3S/c1-14-17(13-29(2)26-14)34(32,33)28-21(31)16-4-6-19(25-20(16)24)30-12-7-15(27-30)3-5-18-22(8-9-22)23(18)10-11-23/h4,6-7,12-13,18H,3,5,8-11H2,1-2H3,(H,28,31). The van der Waals surface area contributed by atoms with Gasteiger partial charge in [0, 0.05) is 19.4 Å². The Hall–Kier alpha value is -2.72. The minimum Gasteiger partial charge on any atom is -0.274 e. The minimum atomic E-state index is -4.10. The average molecular weight is 501 g/mol. The van der Waals surface area contributed by atoms with Gasteiger partial charge in [0.2, 0.25) is 0 Å². The summed E-state index contributed by atoms with van der Waals surface area (Å²) in [7, 11) is -2.49. The molecule has 0 bridgehead atoms. The number of carbonyl (C=O) groups excluding carboxylic acids is 1. The lowest BCUT2D eigenvalue weighted by Crippen LogP contribution is -2.31. The second kappa shape index (κ2) is 7.14. The molecule has 34 heavy (non-hydrogen) atoms. The highest BCUT2D eigenvalue weighted by Crippen LogP contribution is 2.93. The van der Waals surface area contributed by atoms with Crippen molar-refractivity contribution in [3.63, 3.8) is 0 Å². The predicted octanol–water partition coefficient (Wildman–Crippen LogP) is 3.20. The maximum absolute atomic E-state index is 12.6. The van der Waals surface area contributed by atoms with Crippen LogP contribution in [0.5, 0.6) is 0 Å². The average Bonchev–Trinajstić information content (AvgIpc) is 3.72. The Bertz CT molecular complexity index is 1420. The van der Waals surface area contributed by atoms with E-state index in [1.165, 1.54) is 49.0 Å². The smallest absolute Gasteiger partial charge is 0.268 e. The quantitative estimate of drug-likeness (QED) is 0.498. The van der Waals surface area contributed by atoms with Crippen LogP contribution >= 0.6 is 11.6 Å². The van der Waals surface area contributed by atoms with Crippen LogP contribution in [-0.4, -0.2) is 38.9 Å². The molecule has 3 aliphatic carbocycles. The molecule has 1 N–H and O–H groups in total. The van der Waals surface area contributed by atoms with Crippen LogP contribution in [0.1, 0.15) is 53.8 Å². The minimum absolute atomic E-state index is 0.0406. The summed E-state index contributed by atoms with van der Waals surface area (Å²) in [4.78, 5) is 16.8. The molecule has 1 amide bonds. The number of halogens is 1. The molecule has 3 aromatic rings. The molecular formula is C23H25ClN6O3S. The number of aromatic nitrogens is 5. The highest BCUT2D eigenvalue weighted by atomic mass is 35.5. The van der Waals surface area contributed by atoms with Gasteiger partial charge in [-0.2, -0.15) is 10.2 Å². The first-order chi connectivity index (χ1) is 16.2. The maximum Gasteiger partial charge on any atom is 0.268 e. The first-order valence-corrected chi connectivity index (χ1v) is 13.3. The van der Waals surface area contributed by atoms with Gasteiger partial charge in [-0.25, -0.2) is 22.8 Å². The summed E-state index contributed by atoms with van der Waals surface area (Å²) in [6, 6.07) is 5.03. The van der Waals surface area contributed by atoms with Gasteiger partial charge < -0.3 is 0 Å². The Morgan fingerprint density at radius 2 is 1.88 bits per heavy atom. The van der Waals surface area contributed by atoms with E-state index in [4.69, 9.17) is 11.6 Å². The van der Waals surface area contributed by atoms with E-state index < -0.39 is 15.9 Å². The van der Waals surface area contributed by atoms with Crippen LogP contribution in [0.2, 0.25) is 5.15 Å².